The van der Waals surface area contributed by atoms with E-state index in [1.807, 2.05) is 48.7 Å². The Bertz CT molecular complexity index is 689. The summed E-state index contributed by atoms with van der Waals surface area (Å²) in [4.78, 5) is 0. The number of hydrogen-bond donors (Lipinski definition) is 1. The van der Waals surface area contributed by atoms with Crippen LogP contribution >= 0.6 is 0 Å². The van der Waals surface area contributed by atoms with E-state index in [-0.39, 0.29) is 0 Å². The summed E-state index contributed by atoms with van der Waals surface area (Å²) in [5.41, 5.74) is 2.52. The highest BCUT2D eigenvalue weighted by Crippen LogP contribution is 2.26. The number of aliphatic hydroxyl groups excluding tert-OH is 1. The molecular weight excluding hydrogens is 240 g/mol. The lowest BCUT2D eigenvalue weighted by Gasteiger charge is -2.10. The summed E-state index contributed by atoms with van der Waals surface area (Å²) in [6.45, 7) is 0. The molecule has 0 aliphatic carbocycles. The Hall–Kier alpha value is -2.33. The van der Waals surface area contributed by atoms with E-state index in [9.17, 15) is 5.11 Å². The lowest BCUT2D eigenvalue weighted by molar-refractivity contribution is 0.221. The van der Waals surface area contributed by atoms with Gasteiger partial charge >= 0.3 is 0 Å². The lowest BCUT2D eigenvalue weighted by atomic mass is 10.0. The number of ether oxygens (including phenoxy) is 1. The van der Waals surface area contributed by atoms with E-state index in [1.165, 1.54) is 0 Å². The zero-order valence-electron chi connectivity index (χ0n) is 10.5. The third kappa shape index (κ3) is 2.06. The minimum atomic E-state index is -0.689. The molecular formula is C15H14N2O2. The van der Waals surface area contributed by atoms with Crippen molar-refractivity contribution in [2.75, 3.05) is 7.11 Å². The Kier molecular flexibility index (Phi) is 2.93. The van der Waals surface area contributed by atoms with Gasteiger partial charge < -0.3 is 9.84 Å². The van der Waals surface area contributed by atoms with E-state index in [1.54, 1.807) is 17.8 Å². The standard InChI is InChI=1S/C15H14N2O2/c1-19-12-7-5-11(6-8-12)15(18)13-10-16-17-9-3-2-4-14(13)17/h2-10,15,18H,1H3. The van der Waals surface area contributed by atoms with E-state index in [0.29, 0.717) is 0 Å². The first-order chi connectivity index (χ1) is 9.29. The van der Waals surface area contributed by atoms with E-state index >= 15 is 0 Å². The lowest BCUT2D eigenvalue weighted by Crippen LogP contribution is -1.99. The molecule has 0 bridgehead atoms. The first-order valence-corrected chi connectivity index (χ1v) is 6.04. The van der Waals surface area contributed by atoms with Crippen LogP contribution in [0.15, 0.2) is 54.9 Å². The maximum absolute atomic E-state index is 10.4. The average molecular weight is 254 g/mol. The molecule has 0 fully saturated rings. The molecule has 1 N–H and O–H groups in total. The molecule has 4 nitrogen and oxygen atoms in total. The van der Waals surface area contributed by atoms with Crippen molar-refractivity contribution in [1.82, 2.24) is 9.61 Å². The second kappa shape index (κ2) is 4.74. The third-order valence-corrected chi connectivity index (χ3v) is 3.18. The average Bonchev–Trinajstić information content (AvgIpc) is 2.90. The summed E-state index contributed by atoms with van der Waals surface area (Å²) >= 11 is 0. The Labute approximate surface area is 110 Å². The number of methoxy groups -OCH3 is 1. The Morgan fingerprint density at radius 2 is 1.95 bits per heavy atom. The smallest absolute Gasteiger partial charge is 0.118 e. The first kappa shape index (κ1) is 11.7. The quantitative estimate of drug-likeness (QED) is 0.780. The normalized spacial score (nSPS) is 12.5. The van der Waals surface area contributed by atoms with Crippen LogP contribution < -0.4 is 4.74 Å². The highest BCUT2D eigenvalue weighted by atomic mass is 16.5. The van der Waals surface area contributed by atoms with Gasteiger partial charge in [0.2, 0.25) is 0 Å². The van der Waals surface area contributed by atoms with Gasteiger partial charge in [0.05, 0.1) is 18.8 Å². The molecule has 0 aliphatic heterocycles. The molecule has 19 heavy (non-hydrogen) atoms. The minimum Gasteiger partial charge on any atom is -0.497 e. The van der Waals surface area contributed by atoms with Crippen molar-refractivity contribution >= 4 is 5.52 Å². The molecule has 1 aromatic carbocycles. The van der Waals surface area contributed by atoms with Gasteiger partial charge in [-0.3, -0.25) is 0 Å². The van der Waals surface area contributed by atoms with E-state index in [2.05, 4.69) is 5.10 Å². The minimum absolute atomic E-state index is 0.689. The highest BCUT2D eigenvalue weighted by Gasteiger charge is 2.15. The number of pyridine rings is 1. The fourth-order valence-electron chi connectivity index (χ4n) is 2.13. The van der Waals surface area contributed by atoms with Crippen LogP contribution in [0.4, 0.5) is 0 Å². The van der Waals surface area contributed by atoms with E-state index < -0.39 is 6.10 Å². The molecule has 0 saturated heterocycles. The molecule has 1 atom stereocenters. The van der Waals surface area contributed by atoms with Gasteiger partial charge in [0.25, 0.3) is 0 Å². The van der Waals surface area contributed by atoms with Crippen molar-refractivity contribution in [2.45, 2.75) is 6.10 Å². The van der Waals surface area contributed by atoms with Gasteiger partial charge in [-0.25, -0.2) is 4.52 Å². The largest absolute Gasteiger partial charge is 0.497 e. The van der Waals surface area contributed by atoms with Gasteiger partial charge in [-0.05, 0) is 29.8 Å². The molecule has 4 heteroatoms. The molecule has 0 radical (unpaired) electrons. The number of fused-ring (bicyclic) bond motifs is 1. The Morgan fingerprint density at radius 3 is 2.68 bits per heavy atom. The van der Waals surface area contributed by atoms with Gasteiger partial charge in [0, 0.05) is 11.8 Å². The summed E-state index contributed by atoms with van der Waals surface area (Å²) in [6.07, 6.45) is 2.87. The molecule has 0 spiro atoms. The SMILES string of the molecule is COc1ccc(C(O)c2cnn3ccccc23)cc1. The van der Waals surface area contributed by atoms with Crippen molar-refractivity contribution in [3.05, 3.63) is 66.0 Å². The molecule has 0 amide bonds. The first-order valence-electron chi connectivity index (χ1n) is 6.04. The van der Waals surface area contributed by atoms with Gasteiger partial charge in [-0.2, -0.15) is 5.10 Å². The topological polar surface area (TPSA) is 46.8 Å². The van der Waals surface area contributed by atoms with Crippen LogP contribution in [0.1, 0.15) is 17.2 Å². The van der Waals surface area contributed by atoms with Crippen molar-refractivity contribution < 1.29 is 9.84 Å². The summed E-state index contributed by atoms with van der Waals surface area (Å²) in [7, 11) is 1.62. The summed E-state index contributed by atoms with van der Waals surface area (Å²) < 4.78 is 6.86. The number of benzene rings is 1. The van der Waals surface area contributed by atoms with Crippen LogP contribution in [0.3, 0.4) is 0 Å². The summed E-state index contributed by atoms with van der Waals surface area (Å²) in [5.74, 6) is 0.774. The number of aliphatic hydroxyl groups is 1. The van der Waals surface area contributed by atoms with Crippen LogP contribution in [0.2, 0.25) is 0 Å². The van der Waals surface area contributed by atoms with Crippen LogP contribution in [0.25, 0.3) is 5.52 Å². The predicted molar refractivity (Wildman–Crippen MR) is 72.2 cm³/mol. The molecule has 1 unspecified atom stereocenters. The fraction of sp³-hybridized carbons (Fsp3) is 0.133. The number of hydrogen-bond acceptors (Lipinski definition) is 3. The van der Waals surface area contributed by atoms with Crippen LogP contribution in [0, 0.1) is 0 Å². The maximum Gasteiger partial charge on any atom is 0.118 e. The van der Waals surface area contributed by atoms with Gasteiger partial charge in [-0.1, -0.05) is 18.2 Å². The van der Waals surface area contributed by atoms with Crippen LogP contribution in [0.5, 0.6) is 5.75 Å². The monoisotopic (exact) mass is 254 g/mol. The molecule has 2 heterocycles. The number of nitrogens with zero attached hydrogens (tertiary/aromatic N) is 2. The maximum atomic E-state index is 10.4. The number of aromatic nitrogens is 2. The van der Waals surface area contributed by atoms with Gasteiger partial charge in [0.1, 0.15) is 11.9 Å². The number of rotatable bonds is 3. The van der Waals surface area contributed by atoms with E-state index in [0.717, 1.165) is 22.4 Å². The van der Waals surface area contributed by atoms with E-state index in [4.69, 9.17) is 4.74 Å². The second-order valence-electron chi connectivity index (χ2n) is 4.31. The Morgan fingerprint density at radius 1 is 1.16 bits per heavy atom. The third-order valence-electron chi connectivity index (χ3n) is 3.18. The highest BCUT2D eigenvalue weighted by molar-refractivity contribution is 5.56. The molecule has 0 saturated carbocycles. The van der Waals surface area contributed by atoms with Crippen molar-refractivity contribution in [3.63, 3.8) is 0 Å². The fourth-order valence-corrected chi connectivity index (χ4v) is 2.13. The van der Waals surface area contributed by atoms with Gasteiger partial charge in [-0.15, -0.1) is 0 Å². The van der Waals surface area contributed by atoms with Gasteiger partial charge in [0.15, 0.2) is 0 Å². The van der Waals surface area contributed by atoms with Crippen molar-refractivity contribution in [3.8, 4) is 5.75 Å². The second-order valence-corrected chi connectivity index (χ2v) is 4.31. The predicted octanol–water partition coefficient (Wildman–Crippen LogP) is 2.42. The molecule has 0 aliphatic rings. The zero-order valence-corrected chi connectivity index (χ0v) is 10.5. The van der Waals surface area contributed by atoms with Crippen LogP contribution in [-0.4, -0.2) is 21.8 Å². The van der Waals surface area contributed by atoms with Crippen molar-refractivity contribution in [1.29, 1.82) is 0 Å². The zero-order chi connectivity index (χ0) is 13.2. The van der Waals surface area contributed by atoms with Crippen LogP contribution in [-0.2, 0) is 0 Å². The summed E-state index contributed by atoms with van der Waals surface area (Å²) in [5, 5.41) is 14.7. The molecule has 96 valence electrons. The summed E-state index contributed by atoms with van der Waals surface area (Å²) in [6, 6.07) is 13.2. The Balaban J connectivity index is 2.00. The van der Waals surface area contributed by atoms with Crippen molar-refractivity contribution in [2.24, 2.45) is 0 Å². The molecule has 3 rings (SSSR count). The molecule has 3 aromatic rings. The molecule has 2 aromatic heterocycles.